The summed E-state index contributed by atoms with van der Waals surface area (Å²) in [6.45, 7) is 8.66. The maximum atomic E-state index is 6.02. The highest BCUT2D eigenvalue weighted by atomic mass is 16.5. The number of piperazine rings is 1. The van der Waals surface area contributed by atoms with E-state index in [2.05, 4.69) is 9.80 Å². The molecule has 0 radical (unpaired) electrons. The molecule has 1 saturated carbocycles. The third kappa shape index (κ3) is 2.87. The van der Waals surface area contributed by atoms with Crippen LogP contribution in [0.5, 0.6) is 0 Å². The lowest BCUT2D eigenvalue weighted by Gasteiger charge is -2.43. The molecular formula is C14H27N3O. The number of nitrogens with zero attached hydrogens (tertiary/aromatic N) is 2. The molecule has 1 unspecified atom stereocenters. The lowest BCUT2D eigenvalue weighted by molar-refractivity contribution is -0.0290. The van der Waals surface area contributed by atoms with Crippen molar-refractivity contribution in [3.63, 3.8) is 0 Å². The monoisotopic (exact) mass is 253 g/mol. The van der Waals surface area contributed by atoms with Gasteiger partial charge in [-0.1, -0.05) is 0 Å². The predicted octanol–water partition coefficient (Wildman–Crippen LogP) is 0.522. The van der Waals surface area contributed by atoms with Gasteiger partial charge in [-0.05, 0) is 25.7 Å². The largest absolute Gasteiger partial charge is 0.381 e. The molecule has 2 N–H and O–H groups in total. The number of hydrogen-bond acceptors (Lipinski definition) is 4. The van der Waals surface area contributed by atoms with E-state index in [-0.39, 0.29) is 5.41 Å². The Morgan fingerprint density at radius 3 is 2.50 bits per heavy atom. The van der Waals surface area contributed by atoms with Crippen molar-refractivity contribution in [3.8, 4) is 0 Å². The zero-order chi connectivity index (χ0) is 12.4. The fourth-order valence-electron chi connectivity index (χ4n) is 3.46. The van der Waals surface area contributed by atoms with Crippen molar-refractivity contribution in [2.75, 3.05) is 52.5 Å². The Balaban J connectivity index is 1.49. The van der Waals surface area contributed by atoms with E-state index in [1.54, 1.807) is 0 Å². The van der Waals surface area contributed by atoms with Gasteiger partial charge in [0.1, 0.15) is 0 Å². The Bertz CT molecular complexity index is 266. The van der Waals surface area contributed by atoms with Crippen molar-refractivity contribution in [2.24, 2.45) is 11.1 Å². The summed E-state index contributed by atoms with van der Waals surface area (Å²) in [4.78, 5) is 5.28. The second-order valence-corrected chi connectivity index (χ2v) is 6.40. The molecule has 0 spiro atoms. The van der Waals surface area contributed by atoms with Gasteiger partial charge >= 0.3 is 0 Å². The van der Waals surface area contributed by atoms with Crippen molar-refractivity contribution in [3.05, 3.63) is 0 Å². The lowest BCUT2D eigenvalue weighted by Crippen LogP contribution is -2.53. The van der Waals surface area contributed by atoms with E-state index in [1.165, 1.54) is 51.9 Å². The molecule has 2 saturated heterocycles. The van der Waals surface area contributed by atoms with E-state index < -0.39 is 0 Å². The van der Waals surface area contributed by atoms with E-state index in [0.717, 1.165) is 32.3 Å². The van der Waals surface area contributed by atoms with Crippen molar-refractivity contribution in [1.29, 1.82) is 0 Å². The smallest absolute Gasteiger partial charge is 0.0546 e. The molecule has 104 valence electrons. The van der Waals surface area contributed by atoms with E-state index in [1.807, 2.05) is 0 Å². The molecule has 0 amide bonds. The second kappa shape index (κ2) is 5.45. The van der Waals surface area contributed by atoms with Crippen molar-refractivity contribution >= 4 is 0 Å². The summed E-state index contributed by atoms with van der Waals surface area (Å²) in [5.74, 6) is 0. The molecule has 2 heterocycles. The number of hydrogen-bond donors (Lipinski definition) is 1. The summed E-state index contributed by atoms with van der Waals surface area (Å²) >= 11 is 0. The molecule has 0 aromatic rings. The summed E-state index contributed by atoms with van der Waals surface area (Å²) in [6, 6.07) is 0.925. The van der Waals surface area contributed by atoms with E-state index >= 15 is 0 Å². The fourth-order valence-corrected chi connectivity index (χ4v) is 3.46. The molecule has 2 aliphatic heterocycles. The Morgan fingerprint density at radius 1 is 1.17 bits per heavy atom. The quantitative estimate of drug-likeness (QED) is 0.793. The molecule has 1 aliphatic carbocycles. The SMILES string of the molecule is NCC1(CN2CCN(C3CC3)CC2)CCCOC1. The molecule has 3 rings (SSSR count). The standard InChI is InChI=1S/C14H27N3O/c15-10-14(4-1-9-18-12-14)11-16-5-7-17(8-6-16)13-2-3-13/h13H,1-12,15H2. The highest BCUT2D eigenvalue weighted by Crippen LogP contribution is 2.31. The van der Waals surface area contributed by atoms with Gasteiger partial charge in [0.25, 0.3) is 0 Å². The second-order valence-electron chi connectivity index (χ2n) is 6.40. The van der Waals surface area contributed by atoms with Crippen LogP contribution in [0.1, 0.15) is 25.7 Å². The van der Waals surface area contributed by atoms with Crippen LogP contribution in [0.2, 0.25) is 0 Å². The van der Waals surface area contributed by atoms with Gasteiger partial charge in [0.2, 0.25) is 0 Å². The fraction of sp³-hybridized carbons (Fsp3) is 1.00. The van der Waals surface area contributed by atoms with Crippen LogP contribution < -0.4 is 5.73 Å². The first kappa shape index (κ1) is 12.9. The van der Waals surface area contributed by atoms with Gasteiger partial charge in [0, 0.05) is 57.3 Å². The van der Waals surface area contributed by atoms with Gasteiger partial charge in [0.05, 0.1) is 6.61 Å². The number of rotatable bonds is 4. The van der Waals surface area contributed by atoms with Crippen LogP contribution in [0.4, 0.5) is 0 Å². The van der Waals surface area contributed by atoms with Gasteiger partial charge in [0.15, 0.2) is 0 Å². The van der Waals surface area contributed by atoms with E-state index in [4.69, 9.17) is 10.5 Å². The van der Waals surface area contributed by atoms with Gasteiger partial charge in [-0.15, -0.1) is 0 Å². The van der Waals surface area contributed by atoms with Crippen LogP contribution in [0, 0.1) is 5.41 Å². The maximum Gasteiger partial charge on any atom is 0.0546 e. The van der Waals surface area contributed by atoms with Crippen molar-refractivity contribution < 1.29 is 4.74 Å². The summed E-state index contributed by atoms with van der Waals surface area (Å²) < 4.78 is 5.67. The van der Waals surface area contributed by atoms with Crippen LogP contribution in [0.25, 0.3) is 0 Å². The molecule has 3 fully saturated rings. The Kier molecular flexibility index (Phi) is 3.89. The highest BCUT2D eigenvalue weighted by molar-refractivity contribution is 4.91. The molecule has 0 bridgehead atoms. The minimum Gasteiger partial charge on any atom is -0.381 e. The van der Waals surface area contributed by atoms with Crippen LogP contribution in [0.15, 0.2) is 0 Å². The maximum absolute atomic E-state index is 6.02. The van der Waals surface area contributed by atoms with Gasteiger partial charge in [-0.2, -0.15) is 0 Å². The number of ether oxygens (including phenoxy) is 1. The average molecular weight is 253 g/mol. The van der Waals surface area contributed by atoms with Crippen molar-refractivity contribution in [2.45, 2.75) is 31.7 Å². The molecular weight excluding hydrogens is 226 g/mol. The average Bonchev–Trinajstić information content (AvgIpc) is 3.25. The molecule has 0 aromatic carbocycles. The Labute approximate surface area is 110 Å². The summed E-state index contributed by atoms with van der Waals surface area (Å²) in [6.07, 6.45) is 5.28. The summed E-state index contributed by atoms with van der Waals surface area (Å²) in [5.41, 5.74) is 6.26. The van der Waals surface area contributed by atoms with E-state index in [0.29, 0.717) is 0 Å². The third-order valence-corrected chi connectivity index (χ3v) is 4.87. The molecule has 4 nitrogen and oxygen atoms in total. The lowest BCUT2D eigenvalue weighted by atomic mass is 9.82. The molecule has 18 heavy (non-hydrogen) atoms. The van der Waals surface area contributed by atoms with Gasteiger partial charge in [-0.3, -0.25) is 4.90 Å². The Hall–Kier alpha value is -0.160. The molecule has 4 heteroatoms. The normalized spacial score (nSPS) is 35.8. The minimum atomic E-state index is 0.236. The summed E-state index contributed by atoms with van der Waals surface area (Å²) in [7, 11) is 0. The van der Waals surface area contributed by atoms with Gasteiger partial charge in [-0.25, -0.2) is 0 Å². The third-order valence-electron chi connectivity index (χ3n) is 4.87. The number of nitrogens with two attached hydrogens (primary N) is 1. The van der Waals surface area contributed by atoms with Crippen LogP contribution in [-0.4, -0.2) is 68.3 Å². The molecule has 1 atom stereocenters. The zero-order valence-corrected chi connectivity index (χ0v) is 11.4. The van der Waals surface area contributed by atoms with Crippen molar-refractivity contribution in [1.82, 2.24) is 9.80 Å². The van der Waals surface area contributed by atoms with Crippen LogP contribution >= 0.6 is 0 Å². The molecule has 3 aliphatic rings. The van der Waals surface area contributed by atoms with Gasteiger partial charge < -0.3 is 15.4 Å². The predicted molar refractivity (Wildman–Crippen MR) is 72.6 cm³/mol. The highest BCUT2D eigenvalue weighted by Gasteiger charge is 2.36. The van der Waals surface area contributed by atoms with Crippen LogP contribution in [-0.2, 0) is 4.74 Å². The first-order chi connectivity index (χ1) is 8.81. The summed E-state index contributed by atoms with van der Waals surface area (Å²) in [5, 5.41) is 0. The topological polar surface area (TPSA) is 41.7 Å². The first-order valence-corrected chi connectivity index (χ1v) is 7.56. The zero-order valence-electron chi connectivity index (χ0n) is 11.4. The van der Waals surface area contributed by atoms with E-state index in [9.17, 15) is 0 Å². The Morgan fingerprint density at radius 2 is 1.94 bits per heavy atom. The first-order valence-electron chi connectivity index (χ1n) is 7.56. The molecule has 0 aromatic heterocycles. The van der Waals surface area contributed by atoms with Crippen LogP contribution in [0.3, 0.4) is 0 Å². The minimum absolute atomic E-state index is 0.236.